The summed E-state index contributed by atoms with van der Waals surface area (Å²) in [6, 6.07) is 2.03. The molecule has 0 atom stereocenters. The third kappa shape index (κ3) is 3.82. The Bertz CT molecular complexity index is 329. The summed E-state index contributed by atoms with van der Waals surface area (Å²) < 4.78 is 5.09. The molecule has 1 fully saturated rings. The van der Waals surface area contributed by atoms with Crippen molar-refractivity contribution in [3.05, 3.63) is 17.5 Å². The number of nitrogens with zero attached hydrogens (tertiary/aromatic N) is 2. The molecule has 0 bridgehead atoms. The van der Waals surface area contributed by atoms with E-state index < -0.39 is 0 Å². The summed E-state index contributed by atoms with van der Waals surface area (Å²) in [6.45, 7) is 9.67. The quantitative estimate of drug-likeness (QED) is 0.848. The van der Waals surface area contributed by atoms with Crippen molar-refractivity contribution in [1.29, 1.82) is 0 Å². The monoisotopic (exact) mass is 237 g/mol. The Kier molecular flexibility index (Phi) is 4.57. The molecule has 96 valence electrons. The lowest BCUT2D eigenvalue weighted by molar-refractivity contribution is 0.172. The van der Waals surface area contributed by atoms with Crippen LogP contribution in [0.3, 0.4) is 0 Å². The van der Waals surface area contributed by atoms with Gasteiger partial charge in [0.25, 0.3) is 0 Å². The smallest absolute Gasteiger partial charge is 0.133 e. The van der Waals surface area contributed by atoms with Crippen molar-refractivity contribution in [1.82, 2.24) is 15.4 Å². The summed E-state index contributed by atoms with van der Waals surface area (Å²) in [6.07, 6.45) is 2.59. The van der Waals surface area contributed by atoms with E-state index in [1.165, 1.54) is 32.5 Å². The molecule has 0 unspecified atom stereocenters. The average molecular weight is 237 g/mol. The molecule has 0 aromatic carbocycles. The predicted octanol–water partition coefficient (Wildman–Crippen LogP) is 1.80. The highest BCUT2D eigenvalue weighted by atomic mass is 16.5. The number of piperidine rings is 1. The Morgan fingerprint density at radius 1 is 1.47 bits per heavy atom. The third-order valence-corrected chi connectivity index (χ3v) is 3.45. The van der Waals surface area contributed by atoms with Crippen LogP contribution in [0.15, 0.2) is 10.6 Å². The lowest BCUT2D eigenvalue weighted by Gasteiger charge is -2.31. The van der Waals surface area contributed by atoms with Gasteiger partial charge in [-0.3, -0.25) is 4.90 Å². The van der Waals surface area contributed by atoms with Crippen molar-refractivity contribution < 1.29 is 4.52 Å². The second-order valence-electron chi connectivity index (χ2n) is 4.96. The van der Waals surface area contributed by atoms with Crippen molar-refractivity contribution in [3.63, 3.8) is 0 Å². The molecule has 4 heteroatoms. The van der Waals surface area contributed by atoms with E-state index in [9.17, 15) is 0 Å². The molecule has 1 saturated heterocycles. The molecule has 1 aliphatic rings. The largest absolute Gasteiger partial charge is 0.361 e. The molecule has 2 heterocycles. The van der Waals surface area contributed by atoms with Crippen LogP contribution in [0.25, 0.3) is 0 Å². The summed E-state index contributed by atoms with van der Waals surface area (Å²) in [5.74, 6) is 1.76. The summed E-state index contributed by atoms with van der Waals surface area (Å²) >= 11 is 0. The highest BCUT2D eigenvalue weighted by Crippen LogP contribution is 2.18. The maximum atomic E-state index is 5.09. The molecule has 0 amide bonds. The van der Waals surface area contributed by atoms with E-state index in [2.05, 4.69) is 22.3 Å². The van der Waals surface area contributed by atoms with Crippen LogP contribution in [0, 0.1) is 12.8 Å². The Hall–Kier alpha value is -0.870. The van der Waals surface area contributed by atoms with Crippen LogP contribution in [-0.2, 0) is 6.54 Å². The Balaban J connectivity index is 1.72. The van der Waals surface area contributed by atoms with Crippen LogP contribution in [0.2, 0.25) is 0 Å². The van der Waals surface area contributed by atoms with E-state index in [4.69, 9.17) is 4.52 Å². The number of likely N-dealkylation sites (tertiary alicyclic amines) is 1. The third-order valence-electron chi connectivity index (χ3n) is 3.45. The van der Waals surface area contributed by atoms with E-state index in [1.54, 1.807) is 0 Å². The minimum absolute atomic E-state index is 0.852. The number of nitrogens with one attached hydrogen (secondary N) is 1. The van der Waals surface area contributed by atoms with Crippen LogP contribution < -0.4 is 5.32 Å². The molecule has 1 N–H and O–H groups in total. The van der Waals surface area contributed by atoms with Gasteiger partial charge >= 0.3 is 0 Å². The number of hydrogen-bond acceptors (Lipinski definition) is 4. The lowest BCUT2D eigenvalue weighted by Crippen LogP contribution is -2.36. The Labute approximate surface area is 103 Å². The average Bonchev–Trinajstić information content (AvgIpc) is 2.74. The first-order chi connectivity index (χ1) is 8.28. The van der Waals surface area contributed by atoms with Gasteiger partial charge in [0, 0.05) is 12.6 Å². The molecule has 4 nitrogen and oxygen atoms in total. The van der Waals surface area contributed by atoms with Gasteiger partial charge in [-0.2, -0.15) is 0 Å². The fraction of sp³-hybridized carbons (Fsp3) is 0.769. The van der Waals surface area contributed by atoms with Crippen molar-refractivity contribution in [2.75, 3.05) is 26.2 Å². The zero-order valence-electron chi connectivity index (χ0n) is 10.9. The van der Waals surface area contributed by atoms with Gasteiger partial charge in [0.1, 0.15) is 5.76 Å². The van der Waals surface area contributed by atoms with E-state index in [-0.39, 0.29) is 0 Å². The zero-order chi connectivity index (χ0) is 12.1. The number of hydrogen-bond donors (Lipinski definition) is 1. The molecule has 1 aromatic rings. The molecular formula is C13H23N3O. The van der Waals surface area contributed by atoms with Gasteiger partial charge in [-0.05, 0) is 51.9 Å². The molecule has 0 aliphatic carbocycles. The molecule has 0 radical (unpaired) electrons. The predicted molar refractivity (Wildman–Crippen MR) is 67.8 cm³/mol. The van der Waals surface area contributed by atoms with E-state index in [0.29, 0.717) is 0 Å². The topological polar surface area (TPSA) is 41.3 Å². The highest BCUT2D eigenvalue weighted by molar-refractivity contribution is 5.03. The highest BCUT2D eigenvalue weighted by Gasteiger charge is 2.19. The van der Waals surface area contributed by atoms with E-state index >= 15 is 0 Å². The van der Waals surface area contributed by atoms with Gasteiger partial charge in [-0.1, -0.05) is 12.1 Å². The van der Waals surface area contributed by atoms with Gasteiger partial charge in [-0.15, -0.1) is 0 Å². The normalized spacial score (nSPS) is 18.7. The van der Waals surface area contributed by atoms with Crippen LogP contribution in [0.5, 0.6) is 0 Å². The first kappa shape index (κ1) is 12.6. The molecule has 17 heavy (non-hydrogen) atoms. The molecule has 0 spiro atoms. The van der Waals surface area contributed by atoms with Crippen LogP contribution in [-0.4, -0.2) is 36.2 Å². The van der Waals surface area contributed by atoms with E-state index in [1.807, 2.05) is 13.0 Å². The molecule has 0 saturated carbocycles. The Morgan fingerprint density at radius 3 is 2.82 bits per heavy atom. The van der Waals surface area contributed by atoms with Crippen molar-refractivity contribution in [2.24, 2.45) is 5.92 Å². The Morgan fingerprint density at radius 2 is 2.24 bits per heavy atom. The van der Waals surface area contributed by atoms with Crippen LogP contribution in [0.1, 0.15) is 31.2 Å². The van der Waals surface area contributed by atoms with Gasteiger partial charge in [-0.25, -0.2) is 0 Å². The van der Waals surface area contributed by atoms with Gasteiger partial charge in [0.05, 0.1) is 5.69 Å². The molecular weight excluding hydrogens is 214 g/mol. The minimum atomic E-state index is 0.852. The summed E-state index contributed by atoms with van der Waals surface area (Å²) in [7, 11) is 0. The number of aromatic nitrogens is 1. The van der Waals surface area contributed by atoms with E-state index in [0.717, 1.165) is 30.5 Å². The minimum Gasteiger partial charge on any atom is -0.361 e. The number of rotatable bonds is 5. The zero-order valence-corrected chi connectivity index (χ0v) is 10.9. The second-order valence-corrected chi connectivity index (χ2v) is 4.96. The summed E-state index contributed by atoms with van der Waals surface area (Å²) in [5, 5.41) is 7.49. The molecule has 2 rings (SSSR count). The fourth-order valence-corrected chi connectivity index (χ4v) is 2.42. The number of aryl methyl sites for hydroxylation is 1. The molecule has 1 aromatic heterocycles. The maximum absolute atomic E-state index is 5.09. The van der Waals surface area contributed by atoms with Crippen molar-refractivity contribution >= 4 is 0 Å². The van der Waals surface area contributed by atoms with Crippen LogP contribution in [0.4, 0.5) is 0 Å². The molecule has 1 aliphatic heterocycles. The van der Waals surface area contributed by atoms with Crippen LogP contribution >= 0.6 is 0 Å². The second kappa shape index (κ2) is 6.17. The van der Waals surface area contributed by atoms with Gasteiger partial charge < -0.3 is 9.84 Å². The first-order valence-corrected chi connectivity index (χ1v) is 6.63. The summed E-state index contributed by atoms with van der Waals surface area (Å²) in [4.78, 5) is 2.47. The maximum Gasteiger partial charge on any atom is 0.133 e. The SMILES string of the molecule is CCNCC1CCN(Cc2cc(C)on2)CC1. The van der Waals surface area contributed by atoms with Gasteiger partial charge in [0.15, 0.2) is 0 Å². The fourth-order valence-electron chi connectivity index (χ4n) is 2.42. The van der Waals surface area contributed by atoms with Gasteiger partial charge in [0.2, 0.25) is 0 Å². The lowest BCUT2D eigenvalue weighted by atomic mass is 9.96. The van der Waals surface area contributed by atoms with Crippen molar-refractivity contribution in [3.8, 4) is 0 Å². The summed E-state index contributed by atoms with van der Waals surface area (Å²) in [5.41, 5.74) is 1.06. The first-order valence-electron chi connectivity index (χ1n) is 6.63. The standard InChI is InChI=1S/C13H23N3O/c1-3-14-9-12-4-6-16(7-5-12)10-13-8-11(2)17-15-13/h8,12,14H,3-7,9-10H2,1-2H3. The van der Waals surface area contributed by atoms with Crippen molar-refractivity contribution in [2.45, 2.75) is 33.2 Å².